The van der Waals surface area contributed by atoms with E-state index in [0.29, 0.717) is 13.1 Å². The summed E-state index contributed by atoms with van der Waals surface area (Å²) in [6, 6.07) is 9.53. The number of para-hydroxylation sites is 1. The average Bonchev–Trinajstić information content (AvgIpc) is 2.23. The van der Waals surface area contributed by atoms with Gasteiger partial charge in [-0.2, -0.15) is 9.69 Å². The van der Waals surface area contributed by atoms with Gasteiger partial charge in [-0.15, -0.1) is 0 Å². The Morgan fingerprint density at radius 3 is 2.46 bits per heavy atom. The zero-order valence-electron chi connectivity index (χ0n) is 7.10. The van der Waals surface area contributed by atoms with Crippen molar-refractivity contribution in [3.63, 3.8) is 0 Å². The van der Waals surface area contributed by atoms with E-state index in [2.05, 4.69) is 18.0 Å². The lowest BCUT2D eigenvalue weighted by molar-refractivity contribution is 0.199. The lowest BCUT2D eigenvalue weighted by atomic mass is 10.3. The molecule has 0 bridgehead atoms. The molecule has 1 rings (SSSR count). The van der Waals surface area contributed by atoms with Crippen LogP contribution in [0.2, 0.25) is 0 Å². The fourth-order valence-electron chi connectivity index (χ4n) is 0.682. The van der Waals surface area contributed by atoms with Gasteiger partial charge >= 0.3 is 0 Å². The molecule has 0 atom stereocenters. The molecule has 1 aromatic rings. The van der Waals surface area contributed by atoms with Crippen molar-refractivity contribution in [1.29, 1.82) is 0 Å². The van der Waals surface area contributed by atoms with Gasteiger partial charge in [-0.1, -0.05) is 18.2 Å². The van der Waals surface area contributed by atoms with E-state index in [1.807, 2.05) is 30.3 Å². The number of hydrogen-bond donors (Lipinski definition) is 2. The molecule has 0 amide bonds. The summed E-state index contributed by atoms with van der Waals surface area (Å²) in [6.07, 6.45) is 0. The molecule has 5 heteroatoms. The van der Waals surface area contributed by atoms with Crippen molar-refractivity contribution in [2.45, 2.75) is 0 Å². The van der Waals surface area contributed by atoms with Crippen molar-refractivity contribution in [2.24, 2.45) is 5.73 Å². The lowest BCUT2D eigenvalue weighted by Crippen LogP contribution is -2.25. The number of nitrogens with one attached hydrogen (secondary N) is 1. The molecule has 0 fully saturated rings. The van der Waals surface area contributed by atoms with Gasteiger partial charge in [-0.3, -0.25) is 0 Å². The molecule has 72 valence electrons. The molecule has 13 heavy (non-hydrogen) atoms. The molecule has 0 saturated heterocycles. The van der Waals surface area contributed by atoms with Crippen LogP contribution in [-0.4, -0.2) is 17.3 Å². The molecule has 0 saturated carbocycles. The van der Waals surface area contributed by atoms with Crippen LogP contribution in [0.3, 0.4) is 0 Å². The van der Waals surface area contributed by atoms with E-state index in [9.17, 15) is 0 Å². The van der Waals surface area contributed by atoms with E-state index in [-0.39, 0.29) is 0 Å². The van der Waals surface area contributed by atoms with Gasteiger partial charge in [0.1, 0.15) is 5.75 Å². The third kappa shape index (κ3) is 6.15. The van der Waals surface area contributed by atoms with Crippen molar-refractivity contribution in [3.8, 4) is 5.75 Å². The first-order valence-corrected chi connectivity index (χ1v) is 4.08. The van der Waals surface area contributed by atoms with Crippen molar-refractivity contribution in [2.75, 3.05) is 13.1 Å². The number of nitrogens with two attached hydrogens (primary N) is 1. The molecular formula is C8H12N2O2S. The molecule has 0 aromatic heterocycles. The van der Waals surface area contributed by atoms with Crippen molar-refractivity contribution in [3.05, 3.63) is 30.3 Å². The predicted octanol–water partition coefficient (Wildman–Crippen LogP) is 0.192. The molecule has 0 unspecified atom stereocenters. The summed E-state index contributed by atoms with van der Waals surface area (Å²) in [6.45, 7) is 1.24. The first-order valence-electron chi connectivity index (χ1n) is 3.75. The van der Waals surface area contributed by atoms with Crippen LogP contribution in [0.25, 0.3) is 0 Å². The third-order valence-corrected chi connectivity index (χ3v) is 1.18. The molecule has 0 aliphatic heterocycles. The second-order valence-corrected chi connectivity index (χ2v) is 2.10. The SMILES string of the molecule is NCCNOc1ccccc1.O=S. The summed E-state index contributed by atoms with van der Waals surface area (Å²) in [7, 11) is 0. The first kappa shape index (κ1) is 12.0. The second kappa shape index (κ2) is 9.05. The van der Waals surface area contributed by atoms with E-state index >= 15 is 0 Å². The van der Waals surface area contributed by atoms with Crippen molar-refractivity contribution >= 4 is 12.5 Å². The molecule has 0 heterocycles. The van der Waals surface area contributed by atoms with Crippen LogP contribution in [0.4, 0.5) is 0 Å². The van der Waals surface area contributed by atoms with Crippen LogP contribution < -0.4 is 16.1 Å². The Hall–Kier alpha value is -1.04. The number of rotatable bonds is 4. The Morgan fingerprint density at radius 1 is 1.31 bits per heavy atom. The molecular weight excluding hydrogens is 188 g/mol. The zero-order chi connectivity index (χ0) is 9.94. The fourth-order valence-corrected chi connectivity index (χ4v) is 0.682. The molecule has 4 nitrogen and oxygen atoms in total. The molecule has 3 N–H and O–H groups in total. The Bertz CT molecular complexity index is 209. The second-order valence-electron chi connectivity index (χ2n) is 2.10. The van der Waals surface area contributed by atoms with Crippen LogP contribution in [0.1, 0.15) is 0 Å². The minimum Gasteiger partial charge on any atom is -0.409 e. The number of benzene rings is 1. The Morgan fingerprint density at radius 2 is 1.92 bits per heavy atom. The average molecular weight is 200 g/mol. The Balaban J connectivity index is 0.000000671. The van der Waals surface area contributed by atoms with Crippen LogP contribution in [-0.2, 0) is 12.5 Å². The maximum atomic E-state index is 7.83. The third-order valence-electron chi connectivity index (χ3n) is 1.18. The van der Waals surface area contributed by atoms with Gasteiger partial charge in [0, 0.05) is 13.1 Å². The van der Waals surface area contributed by atoms with Gasteiger partial charge in [-0.05, 0) is 12.1 Å². The number of hydroxylamine groups is 1. The molecule has 0 spiro atoms. The molecule has 0 radical (unpaired) electrons. The van der Waals surface area contributed by atoms with Crippen LogP contribution in [0.5, 0.6) is 5.75 Å². The smallest absolute Gasteiger partial charge is 0.197 e. The van der Waals surface area contributed by atoms with Crippen LogP contribution in [0.15, 0.2) is 30.3 Å². The largest absolute Gasteiger partial charge is 0.409 e. The molecule has 1 aromatic carbocycles. The van der Waals surface area contributed by atoms with Crippen molar-refractivity contribution < 1.29 is 9.05 Å². The van der Waals surface area contributed by atoms with E-state index in [0.717, 1.165) is 5.75 Å². The highest BCUT2D eigenvalue weighted by molar-refractivity contribution is 7.44. The minimum atomic E-state index is 0.576. The summed E-state index contributed by atoms with van der Waals surface area (Å²) in [5.74, 6) is 0.806. The normalized spacial score (nSPS) is 8.38. The standard InChI is InChI=1S/C8H12N2O.OS/c9-6-7-10-11-8-4-2-1-3-5-8;1-2/h1-5,10H,6-7,9H2;. The summed E-state index contributed by atoms with van der Waals surface area (Å²) >= 11 is 2.83. The van der Waals surface area contributed by atoms with Gasteiger partial charge < -0.3 is 10.6 Å². The summed E-state index contributed by atoms with van der Waals surface area (Å²) in [5, 5.41) is 0. The summed E-state index contributed by atoms with van der Waals surface area (Å²) < 4.78 is 7.83. The highest BCUT2D eigenvalue weighted by atomic mass is 32.1. The maximum absolute atomic E-state index is 7.83. The van der Waals surface area contributed by atoms with Gasteiger partial charge in [0.05, 0.1) is 0 Å². The maximum Gasteiger partial charge on any atom is 0.197 e. The van der Waals surface area contributed by atoms with Crippen molar-refractivity contribution in [1.82, 2.24) is 5.48 Å². The summed E-state index contributed by atoms with van der Waals surface area (Å²) in [5.41, 5.74) is 7.98. The predicted molar refractivity (Wildman–Crippen MR) is 52.3 cm³/mol. The zero-order valence-corrected chi connectivity index (χ0v) is 7.92. The van der Waals surface area contributed by atoms with Gasteiger partial charge in [0.15, 0.2) is 12.5 Å². The minimum absolute atomic E-state index is 0.576. The Kier molecular flexibility index (Phi) is 8.33. The van der Waals surface area contributed by atoms with Gasteiger partial charge in [0.25, 0.3) is 0 Å². The van der Waals surface area contributed by atoms with Gasteiger partial charge in [0.2, 0.25) is 0 Å². The Labute approximate surface area is 82.6 Å². The number of hydrogen-bond acceptors (Lipinski definition) is 5. The van der Waals surface area contributed by atoms with Gasteiger partial charge in [-0.25, -0.2) is 0 Å². The van der Waals surface area contributed by atoms with E-state index in [1.54, 1.807) is 0 Å². The lowest BCUT2D eigenvalue weighted by Gasteiger charge is -2.04. The highest BCUT2D eigenvalue weighted by Crippen LogP contribution is 2.05. The summed E-state index contributed by atoms with van der Waals surface area (Å²) in [4.78, 5) is 5.12. The quantitative estimate of drug-likeness (QED) is 0.536. The first-order chi connectivity index (χ1) is 6.43. The highest BCUT2D eigenvalue weighted by Gasteiger charge is 1.87. The van der Waals surface area contributed by atoms with E-state index in [4.69, 9.17) is 14.8 Å². The topological polar surface area (TPSA) is 64.3 Å². The van der Waals surface area contributed by atoms with E-state index < -0.39 is 0 Å². The monoisotopic (exact) mass is 200 g/mol. The van der Waals surface area contributed by atoms with Crippen LogP contribution >= 0.6 is 0 Å². The molecule has 0 aliphatic carbocycles. The molecule has 0 aliphatic rings. The van der Waals surface area contributed by atoms with E-state index in [1.165, 1.54) is 0 Å². The fraction of sp³-hybridized carbons (Fsp3) is 0.250. The van der Waals surface area contributed by atoms with Crippen LogP contribution in [0, 0.1) is 0 Å².